The first-order valence-corrected chi connectivity index (χ1v) is 7.30. The van der Waals surface area contributed by atoms with Gasteiger partial charge in [-0.15, -0.1) is 0 Å². The van der Waals surface area contributed by atoms with E-state index in [2.05, 4.69) is 5.32 Å². The second-order valence-electron chi connectivity index (χ2n) is 6.57. The smallest absolute Gasteiger partial charge is 0.223 e. The van der Waals surface area contributed by atoms with Crippen molar-refractivity contribution >= 4 is 5.91 Å². The van der Waals surface area contributed by atoms with E-state index in [9.17, 15) is 18.7 Å². The van der Waals surface area contributed by atoms with Gasteiger partial charge in [0.1, 0.15) is 11.6 Å². The number of carbonyl (C=O) groups is 1. The van der Waals surface area contributed by atoms with Crippen molar-refractivity contribution in [2.75, 3.05) is 6.61 Å². The zero-order valence-electron chi connectivity index (χ0n) is 11.9. The van der Waals surface area contributed by atoms with Crippen LogP contribution in [0.1, 0.15) is 37.8 Å². The molecule has 3 saturated carbocycles. The quantitative estimate of drug-likeness (QED) is 0.897. The van der Waals surface area contributed by atoms with E-state index >= 15 is 0 Å². The van der Waals surface area contributed by atoms with E-state index in [1.54, 1.807) is 6.92 Å². The first-order valence-electron chi connectivity index (χ1n) is 7.30. The molecule has 0 saturated heterocycles. The maximum Gasteiger partial charge on any atom is 0.223 e. The summed E-state index contributed by atoms with van der Waals surface area (Å²) in [5.41, 5.74) is 0.365. The average molecular weight is 295 g/mol. The fraction of sp³-hybridized carbons (Fsp3) is 0.562. The molecule has 3 aliphatic rings. The maximum absolute atomic E-state index is 13.2. The molecule has 1 amide bonds. The Balaban J connectivity index is 1.65. The van der Waals surface area contributed by atoms with E-state index in [1.807, 2.05) is 0 Å². The molecule has 0 aliphatic heterocycles. The van der Waals surface area contributed by atoms with Gasteiger partial charge in [0.25, 0.3) is 0 Å². The summed E-state index contributed by atoms with van der Waals surface area (Å²) in [6, 6.07) is 2.84. The Morgan fingerprint density at radius 2 is 1.95 bits per heavy atom. The van der Waals surface area contributed by atoms with Gasteiger partial charge in [0.2, 0.25) is 5.91 Å². The predicted molar refractivity (Wildman–Crippen MR) is 73.3 cm³/mol. The number of fused-ring (bicyclic) bond motifs is 1. The Morgan fingerprint density at radius 3 is 2.48 bits per heavy atom. The Labute approximate surface area is 122 Å². The fourth-order valence-electron chi connectivity index (χ4n) is 3.87. The lowest BCUT2D eigenvalue weighted by molar-refractivity contribution is -0.126. The van der Waals surface area contributed by atoms with Gasteiger partial charge in [-0.25, -0.2) is 8.78 Å². The molecule has 1 aromatic carbocycles. The van der Waals surface area contributed by atoms with Gasteiger partial charge in [-0.3, -0.25) is 4.79 Å². The van der Waals surface area contributed by atoms with Crippen LogP contribution in [0.15, 0.2) is 18.2 Å². The van der Waals surface area contributed by atoms with Crippen LogP contribution in [0, 0.1) is 28.9 Å². The largest absolute Gasteiger partial charge is 0.396 e. The highest BCUT2D eigenvalue weighted by Crippen LogP contribution is 2.61. The number of carbonyl (C=O) groups excluding carboxylic acids is 1. The van der Waals surface area contributed by atoms with Crippen LogP contribution in [0.3, 0.4) is 0 Å². The molecule has 0 spiro atoms. The third kappa shape index (κ3) is 2.55. The lowest BCUT2D eigenvalue weighted by Crippen LogP contribution is -2.35. The van der Waals surface area contributed by atoms with Crippen LogP contribution in [-0.4, -0.2) is 17.6 Å². The highest BCUT2D eigenvalue weighted by molar-refractivity contribution is 5.80. The van der Waals surface area contributed by atoms with Crippen LogP contribution in [-0.2, 0) is 4.79 Å². The van der Waals surface area contributed by atoms with Gasteiger partial charge in [0.15, 0.2) is 0 Å². The number of hydrogen-bond acceptors (Lipinski definition) is 2. The molecule has 0 heterocycles. The van der Waals surface area contributed by atoms with Gasteiger partial charge in [-0.1, -0.05) is 0 Å². The molecule has 5 heteroatoms. The Kier molecular flexibility index (Phi) is 3.48. The van der Waals surface area contributed by atoms with E-state index in [-0.39, 0.29) is 23.8 Å². The lowest BCUT2D eigenvalue weighted by atomic mass is 9.70. The summed E-state index contributed by atoms with van der Waals surface area (Å²) in [5, 5.41) is 12.2. The monoisotopic (exact) mass is 295 g/mol. The number of benzene rings is 1. The van der Waals surface area contributed by atoms with Gasteiger partial charge in [-0.2, -0.15) is 0 Å². The minimum Gasteiger partial charge on any atom is -0.396 e. The fourth-order valence-corrected chi connectivity index (χ4v) is 3.87. The van der Waals surface area contributed by atoms with Crippen LogP contribution in [0.25, 0.3) is 0 Å². The number of halogens is 2. The van der Waals surface area contributed by atoms with Crippen molar-refractivity contribution in [3.05, 3.63) is 35.4 Å². The van der Waals surface area contributed by atoms with Crippen molar-refractivity contribution in [1.29, 1.82) is 0 Å². The van der Waals surface area contributed by atoms with Crippen molar-refractivity contribution in [3.63, 3.8) is 0 Å². The van der Waals surface area contributed by atoms with E-state index in [1.165, 1.54) is 12.1 Å². The summed E-state index contributed by atoms with van der Waals surface area (Å²) < 4.78 is 26.4. The highest BCUT2D eigenvalue weighted by atomic mass is 19.1. The van der Waals surface area contributed by atoms with Crippen molar-refractivity contribution in [3.8, 4) is 0 Å². The molecule has 2 bridgehead atoms. The standard InChI is InChI=1S/C16H19F2NO2/c1-9(10-2-12(17)4-13(18)3-10)19-15(21)14-7-16(8-20)5-11(14)6-16/h2-4,9,11,14,20H,5-8H2,1H3,(H,19,21)/t9-,11?,14-,16?/m0/s1. The zero-order valence-corrected chi connectivity index (χ0v) is 11.9. The lowest BCUT2D eigenvalue weighted by Gasteiger charge is -2.36. The van der Waals surface area contributed by atoms with E-state index < -0.39 is 17.7 Å². The molecule has 1 aromatic rings. The summed E-state index contributed by atoms with van der Waals surface area (Å²) >= 11 is 0. The number of rotatable bonds is 4. The van der Waals surface area contributed by atoms with Crippen LogP contribution in [0.4, 0.5) is 8.78 Å². The molecule has 4 rings (SSSR count). The highest BCUT2D eigenvalue weighted by Gasteiger charge is 2.57. The molecular weight excluding hydrogens is 276 g/mol. The molecule has 0 aromatic heterocycles. The number of aliphatic hydroxyl groups is 1. The minimum atomic E-state index is -0.645. The van der Waals surface area contributed by atoms with Crippen molar-refractivity contribution < 1.29 is 18.7 Å². The normalized spacial score (nSPS) is 31.6. The van der Waals surface area contributed by atoms with Gasteiger partial charge in [0.05, 0.1) is 6.04 Å². The minimum absolute atomic E-state index is 0.0547. The zero-order chi connectivity index (χ0) is 15.2. The second kappa shape index (κ2) is 5.05. The molecule has 0 unspecified atom stereocenters. The van der Waals surface area contributed by atoms with Crippen molar-refractivity contribution in [2.24, 2.45) is 17.3 Å². The summed E-state index contributed by atoms with van der Waals surface area (Å²) in [7, 11) is 0. The molecule has 3 nitrogen and oxygen atoms in total. The number of nitrogens with one attached hydrogen (secondary N) is 1. The van der Waals surface area contributed by atoms with E-state index in [0.29, 0.717) is 17.9 Å². The third-order valence-electron chi connectivity index (χ3n) is 5.03. The van der Waals surface area contributed by atoms with Crippen LogP contribution >= 0.6 is 0 Å². The predicted octanol–water partition coefficient (Wildman–Crippen LogP) is 2.55. The van der Waals surface area contributed by atoms with Crippen LogP contribution in [0.5, 0.6) is 0 Å². The SMILES string of the molecule is C[C@H](NC(=O)[C@H]1CC2(CO)CC1C2)c1cc(F)cc(F)c1. The number of aliphatic hydroxyl groups excluding tert-OH is 1. The molecule has 21 heavy (non-hydrogen) atoms. The topological polar surface area (TPSA) is 49.3 Å². The Bertz CT molecular complexity index is 549. The Morgan fingerprint density at radius 1 is 1.33 bits per heavy atom. The van der Waals surface area contributed by atoms with Crippen LogP contribution in [0.2, 0.25) is 0 Å². The molecule has 3 aliphatic carbocycles. The maximum atomic E-state index is 13.2. The van der Waals surface area contributed by atoms with Gasteiger partial charge >= 0.3 is 0 Å². The van der Waals surface area contributed by atoms with Gasteiger partial charge in [0, 0.05) is 18.6 Å². The average Bonchev–Trinajstić information content (AvgIpc) is 2.92. The van der Waals surface area contributed by atoms with E-state index in [4.69, 9.17) is 0 Å². The summed E-state index contributed by atoms with van der Waals surface area (Å²) in [5.74, 6) is -1.11. The number of hydrogen-bond donors (Lipinski definition) is 2. The van der Waals surface area contributed by atoms with Gasteiger partial charge in [-0.05, 0) is 55.2 Å². The molecule has 2 N–H and O–H groups in total. The number of amides is 1. The van der Waals surface area contributed by atoms with E-state index in [0.717, 1.165) is 18.9 Å². The summed E-state index contributed by atoms with van der Waals surface area (Å²) in [6.45, 7) is 1.85. The molecular formula is C16H19F2NO2. The second-order valence-corrected chi connectivity index (χ2v) is 6.57. The summed E-state index contributed by atoms with van der Waals surface area (Å²) in [4.78, 5) is 12.3. The first kappa shape index (κ1) is 14.4. The van der Waals surface area contributed by atoms with Crippen molar-refractivity contribution in [2.45, 2.75) is 32.2 Å². The molecule has 0 radical (unpaired) electrons. The first-order chi connectivity index (χ1) is 9.92. The molecule has 3 fully saturated rings. The summed E-state index contributed by atoms with van der Waals surface area (Å²) in [6.07, 6.45) is 2.53. The molecule has 114 valence electrons. The van der Waals surface area contributed by atoms with Crippen molar-refractivity contribution in [1.82, 2.24) is 5.32 Å². The van der Waals surface area contributed by atoms with Gasteiger partial charge < -0.3 is 10.4 Å². The van der Waals surface area contributed by atoms with Crippen LogP contribution < -0.4 is 5.32 Å². The molecule has 2 atom stereocenters. The third-order valence-corrected chi connectivity index (χ3v) is 5.03. The Hall–Kier alpha value is -1.49.